The van der Waals surface area contributed by atoms with Crippen LogP contribution in [0.5, 0.6) is 0 Å². The highest BCUT2D eigenvalue weighted by molar-refractivity contribution is 6.00. The maximum atomic E-state index is 12.9. The van der Waals surface area contributed by atoms with Gasteiger partial charge in [-0.25, -0.2) is 9.18 Å². The van der Waals surface area contributed by atoms with Gasteiger partial charge in [0.1, 0.15) is 11.5 Å². The Kier molecular flexibility index (Phi) is 3.70. The van der Waals surface area contributed by atoms with Crippen molar-refractivity contribution in [3.8, 4) is 0 Å². The zero-order chi connectivity index (χ0) is 16.6. The second-order valence-corrected chi connectivity index (χ2v) is 5.41. The van der Waals surface area contributed by atoms with E-state index in [-0.39, 0.29) is 18.0 Å². The lowest BCUT2D eigenvalue weighted by Crippen LogP contribution is -2.15. The van der Waals surface area contributed by atoms with Crippen LogP contribution in [0.3, 0.4) is 0 Å². The Morgan fingerprint density at radius 3 is 2.43 bits per heavy atom. The quantitative estimate of drug-likeness (QED) is 0.748. The molecule has 0 atom stereocenters. The minimum Gasteiger partial charge on any atom is -0.477 e. The molecule has 116 valence electrons. The maximum absolute atomic E-state index is 12.9. The molecule has 0 unspecified atom stereocenters. The van der Waals surface area contributed by atoms with E-state index in [1.807, 2.05) is 19.1 Å². The summed E-state index contributed by atoms with van der Waals surface area (Å²) in [5, 5.41) is 10.1. The number of ketones is 1. The average Bonchev–Trinajstić information content (AvgIpc) is 2.86. The Balaban J connectivity index is 2.04. The number of halogens is 1. The molecule has 0 aliphatic carbocycles. The third-order valence-corrected chi connectivity index (χ3v) is 3.74. The Morgan fingerprint density at radius 1 is 1.09 bits per heavy atom. The Morgan fingerprint density at radius 2 is 1.78 bits per heavy atom. The van der Waals surface area contributed by atoms with E-state index in [2.05, 4.69) is 0 Å². The van der Waals surface area contributed by atoms with Crippen molar-refractivity contribution < 1.29 is 19.1 Å². The fourth-order valence-corrected chi connectivity index (χ4v) is 2.61. The van der Waals surface area contributed by atoms with Crippen LogP contribution in [0.2, 0.25) is 0 Å². The first kappa shape index (κ1) is 15.0. The topological polar surface area (TPSA) is 59.3 Å². The molecule has 23 heavy (non-hydrogen) atoms. The third kappa shape index (κ3) is 2.85. The van der Waals surface area contributed by atoms with Crippen molar-refractivity contribution in [3.63, 3.8) is 0 Å². The van der Waals surface area contributed by atoms with Gasteiger partial charge in [-0.15, -0.1) is 0 Å². The SMILES string of the molecule is Cc1ccc2c(c1)cc(C(=O)O)n2CC(=O)c1ccc(F)cc1. The number of carboxylic acids is 1. The highest BCUT2D eigenvalue weighted by Crippen LogP contribution is 2.22. The molecular weight excluding hydrogens is 297 g/mol. The molecule has 0 spiro atoms. The predicted molar refractivity (Wildman–Crippen MR) is 84.4 cm³/mol. The van der Waals surface area contributed by atoms with Gasteiger partial charge in [0.15, 0.2) is 5.78 Å². The Labute approximate surface area is 131 Å². The minimum atomic E-state index is -1.09. The molecule has 0 bridgehead atoms. The number of carbonyl (C=O) groups is 2. The van der Waals surface area contributed by atoms with Gasteiger partial charge < -0.3 is 9.67 Å². The van der Waals surface area contributed by atoms with Gasteiger partial charge in [0.25, 0.3) is 0 Å². The highest BCUT2D eigenvalue weighted by Gasteiger charge is 2.17. The molecule has 5 heteroatoms. The van der Waals surface area contributed by atoms with Gasteiger partial charge in [-0.3, -0.25) is 4.79 Å². The number of benzene rings is 2. The van der Waals surface area contributed by atoms with Gasteiger partial charge in [-0.1, -0.05) is 11.6 Å². The van der Waals surface area contributed by atoms with Crippen LogP contribution in [-0.4, -0.2) is 21.4 Å². The number of fused-ring (bicyclic) bond motifs is 1. The Hall–Kier alpha value is -2.95. The second kappa shape index (κ2) is 5.68. The number of aryl methyl sites for hydroxylation is 1. The molecule has 0 aliphatic rings. The van der Waals surface area contributed by atoms with Crippen molar-refractivity contribution in [2.24, 2.45) is 0 Å². The molecular formula is C18H14FNO3. The average molecular weight is 311 g/mol. The van der Waals surface area contributed by atoms with E-state index in [0.29, 0.717) is 11.1 Å². The first-order valence-corrected chi connectivity index (χ1v) is 7.07. The number of aromatic nitrogens is 1. The molecule has 3 aromatic rings. The van der Waals surface area contributed by atoms with Gasteiger partial charge >= 0.3 is 5.97 Å². The monoisotopic (exact) mass is 311 g/mol. The maximum Gasteiger partial charge on any atom is 0.352 e. The summed E-state index contributed by atoms with van der Waals surface area (Å²) < 4.78 is 14.4. The smallest absolute Gasteiger partial charge is 0.352 e. The van der Waals surface area contributed by atoms with E-state index in [0.717, 1.165) is 10.9 Å². The van der Waals surface area contributed by atoms with Crippen LogP contribution >= 0.6 is 0 Å². The molecule has 3 rings (SSSR count). The van der Waals surface area contributed by atoms with E-state index in [1.165, 1.54) is 28.8 Å². The number of Topliss-reactive ketones (excluding diaryl/α,β-unsaturated/α-hetero) is 1. The summed E-state index contributed by atoms with van der Waals surface area (Å²) in [4.78, 5) is 23.8. The van der Waals surface area contributed by atoms with E-state index in [1.54, 1.807) is 12.1 Å². The van der Waals surface area contributed by atoms with Crippen LogP contribution in [-0.2, 0) is 6.54 Å². The molecule has 0 fully saturated rings. The molecule has 2 aromatic carbocycles. The Bertz CT molecular complexity index is 910. The lowest BCUT2D eigenvalue weighted by Gasteiger charge is -2.08. The van der Waals surface area contributed by atoms with E-state index in [9.17, 15) is 19.1 Å². The van der Waals surface area contributed by atoms with Crippen LogP contribution < -0.4 is 0 Å². The fraction of sp³-hybridized carbons (Fsp3) is 0.111. The van der Waals surface area contributed by atoms with Gasteiger partial charge in [-0.2, -0.15) is 0 Å². The number of rotatable bonds is 4. The fourth-order valence-electron chi connectivity index (χ4n) is 2.61. The summed E-state index contributed by atoms with van der Waals surface area (Å²) in [6.07, 6.45) is 0. The first-order chi connectivity index (χ1) is 11.0. The zero-order valence-corrected chi connectivity index (χ0v) is 12.4. The van der Waals surface area contributed by atoms with Crippen LogP contribution in [0, 0.1) is 12.7 Å². The van der Waals surface area contributed by atoms with Crippen molar-refractivity contribution in [3.05, 3.63) is 71.2 Å². The number of carbonyl (C=O) groups excluding carboxylic acids is 1. The number of aromatic carboxylic acids is 1. The first-order valence-electron chi connectivity index (χ1n) is 7.07. The standard InChI is InChI=1S/C18H14FNO3/c1-11-2-7-15-13(8-11)9-16(18(22)23)20(15)10-17(21)12-3-5-14(19)6-4-12/h2-9H,10H2,1H3,(H,22,23). The van der Waals surface area contributed by atoms with Crippen molar-refractivity contribution in [1.29, 1.82) is 0 Å². The normalized spacial score (nSPS) is 10.9. The van der Waals surface area contributed by atoms with Crippen LogP contribution in [0.4, 0.5) is 4.39 Å². The van der Waals surface area contributed by atoms with Gasteiger partial charge in [-0.05, 0) is 49.4 Å². The lowest BCUT2D eigenvalue weighted by molar-refractivity contribution is 0.0685. The summed E-state index contributed by atoms with van der Waals surface area (Å²) in [5.74, 6) is -1.79. The van der Waals surface area contributed by atoms with Crippen LogP contribution in [0.25, 0.3) is 10.9 Å². The second-order valence-electron chi connectivity index (χ2n) is 5.41. The minimum absolute atomic E-state index is 0.0565. The summed E-state index contributed by atoms with van der Waals surface area (Å²) in [5.41, 5.74) is 2.10. The van der Waals surface area contributed by atoms with E-state index >= 15 is 0 Å². The number of hydrogen-bond donors (Lipinski definition) is 1. The van der Waals surface area contributed by atoms with Gasteiger partial charge in [0.2, 0.25) is 0 Å². The van der Waals surface area contributed by atoms with Crippen LogP contribution in [0.15, 0.2) is 48.5 Å². The summed E-state index contributed by atoms with van der Waals surface area (Å²) in [7, 11) is 0. The van der Waals surface area contributed by atoms with Gasteiger partial charge in [0, 0.05) is 16.5 Å². The highest BCUT2D eigenvalue weighted by atomic mass is 19.1. The zero-order valence-electron chi connectivity index (χ0n) is 12.4. The summed E-state index contributed by atoms with van der Waals surface area (Å²) in [6.45, 7) is 1.81. The van der Waals surface area contributed by atoms with Crippen molar-refractivity contribution >= 4 is 22.7 Å². The molecule has 1 aromatic heterocycles. The number of nitrogens with zero attached hydrogens (tertiary/aromatic N) is 1. The molecule has 0 aliphatic heterocycles. The molecule has 0 saturated carbocycles. The molecule has 1 heterocycles. The predicted octanol–water partition coefficient (Wildman–Crippen LogP) is 3.67. The van der Waals surface area contributed by atoms with Gasteiger partial charge in [0.05, 0.1) is 6.54 Å². The molecule has 4 nitrogen and oxygen atoms in total. The third-order valence-electron chi connectivity index (χ3n) is 3.74. The number of hydrogen-bond acceptors (Lipinski definition) is 2. The molecule has 0 amide bonds. The van der Waals surface area contributed by atoms with E-state index < -0.39 is 11.8 Å². The molecule has 1 N–H and O–H groups in total. The molecule has 0 radical (unpaired) electrons. The van der Waals surface area contributed by atoms with Crippen molar-refractivity contribution in [2.45, 2.75) is 13.5 Å². The van der Waals surface area contributed by atoms with Crippen molar-refractivity contribution in [1.82, 2.24) is 4.57 Å². The largest absolute Gasteiger partial charge is 0.477 e. The van der Waals surface area contributed by atoms with Crippen LogP contribution in [0.1, 0.15) is 26.4 Å². The molecule has 0 saturated heterocycles. The van der Waals surface area contributed by atoms with E-state index in [4.69, 9.17) is 0 Å². The lowest BCUT2D eigenvalue weighted by atomic mass is 10.1. The number of carboxylic acid groups (broad SMARTS) is 1. The summed E-state index contributed by atoms with van der Waals surface area (Å²) >= 11 is 0. The van der Waals surface area contributed by atoms with Crippen molar-refractivity contribution in [2.75, 3.05) is 0 Å². The summed E-state index contributed by atoms with van der Waals surface area (Å²) in [6, 6.07) is 12.3.